The van der Waals surface area contributed by atoms with Gasteiger partial charge in [-0.1, -0.05) is 12.1 Å². The Kier molecular flexibility index (Phi) is 4.13. The van der Waals surface area contributed by atoms with Gasteiger partial charge in [-0.3, -0.25) is 4.90 Å². The minimum Gasteiger partial charge on any atom is -0.497 e. The molecule has 0 N–H and O–H groups in total. The molecule has 2 aromatic heterocycles. The summed E-state index contributed by atoms with van der Waals surface area (Å²) in [5, 5.41) is 0. The van der Waals surface area contributed by atoms with Crippen LogP contribution in [0.2, 0.25) is 0 Å². The number of methoxy groups -OCH3 is 1. The van der Waals surface area contributed by atoms with Crippen molar-refractivity contribution in [3.8, 4) is 5.75 Å². The van der Waals surface area contributed by atoms with Crippen molar-refractivity contribution in [3.63, 3.8) is 0 Å². The van der Waals surface area contributed by atoms with Crippen LogP contribution in [-0.4, -0.2) is 23.1 Å². The Bertz CT molecular complexity index is 792. The van der Waals surface area contributed by atoms with E-state index < -0.39 is 0 Å². The Morgan fingerprint density at radius 1 is 1.17 bits per heavy atom. The van der Waals surface area contributed by atoms with Gasteiger partial charge in [0, 0.05) is 37.1 Å². The van der Waals surface area contributed by atoms with Crippen molar-refractivity contribution in [3.05, 3.63) is 78.0 Å². The van der Waals surface area contributed by atoms with Crippen molar-refractivity contribution in [2.24, 2.45) is 0 Å². The summed E-state index contributed by atoms with van der Waals surface area (Å²) in [6, 6.07) is 15.0. The van der Waals surface area contributed by atoms with E-state index in [1.807, 2.05) is 12.3 Å². The van der Waals surface area contributed by atoms with E-state index >= 15 is 0 Å². The van der Waals surface area contributed by atoms with Gasteiger partial charge in [0.1, 0.15) is 5.75 Å². The molecular weight excluding hydrogens is 300 g/mol. The molecule has 0 fully saturated rings. The number of nitrogens with zero attached hydrogens (tertiary/aromatic N) is 2. The maximum Gasteiger partial charge on any atom is 0.119 e. The summed E-state index contributed by atoms with van der Waals surface area (Å²) in [7, 11) is 1.71. The van der Waals surface area contributed by atoms with E-state index in [4.69, 9.17) is 9.15 Å². The summed E-state index contributed by atoms with van der Waals surface area (Å²) in [6.07, 6.45) is 6.95. The molecule has 0 radical (unpaired) electrons. The smallest absolute Gasteiger partial charge is 0.119 e. The summed E-state index contributed by atoms with van der Waals surface area (Å²) in [5.41, 5.74) is 3.80. The number of hydrogen-bond donors (Lipinski definition) is 0. The van der Waals surface area contributed by atoms with Crippen molar-refractivity contribution in [2.45, 2.75) is 25.6 Å². The number of aromatic nitrogens is 1. The van der Waals surface area contributed by atoms with Crippen molar-refractivity contribution in [1.82, 2.24) is 9.47 Å². The maximum atomic E-state index is 5.38. The monoisotopic (exact) mass is 322 g/mol. The Balaban J connectivity index is 1.69. The molecule has 0 spiro atoms. The minimum atomic E-state index is 0.215. The van der Waals surface area contributed by atoms with Crippen LogP contribution in [0.1, 0.15) is 29.3 Å². The highest BCUT2D eigenvalue weighted by atomic mass is 16.5. The average molecular weight is 322 g/mol. The lowest BCUT2D eigenvalue weighted by Crippen LogP contribution is -2.29. The molecular formula is C20H22N2O2. The van der Waals surface area contributed by atoms with Gasteiger partial charge in [-0.25, -0.2) is 0 Å². The number of benzene rings is 1. The van der Waals surface area contributed by atoms with Crippen LogP contribution in [0.15, 0.2) is 65.6 Å². The molecule has 4 nitrogen and oxygen atoms in total. The van der Waals surface area contributed by atoms with Crippen molar-refractivity contribution >= 4 is 0 Å². The van der Waals surface area contributed by atoms with E-state index in [1.165, 1.54) is 16.8 Å². The Labute approximate surface area is 142 Å². The van der Waals surface area contributed by atoms with Gasteiger partial charge in [-0.05, 0) is 42.3 Å². The third kappa shape index (κ3) is 2.85. The van der Waals surface area contributed by atoms with Crippen LogP contribution >= 0.6 is 0 Å². The molecule has 1 unspecified atom stereocenters. The maximum absolute atomic E-state index is 5.38. The summed E-state index contributed by atoms with van der Waals surface area (Å²) < 4.78 is 13.1. The predicted molar refractivity (Wildman–Crippen MR) is 93.0 cm³/mol. The van der Waals surface area contributed by atoms with Crippen LogP contribution in [-0.2, 0) is 13.1 Å². The van der Waals surface area contributed by atoms with Gasteiger partial charge in [0.2, 0.25) is 0 Å². The van der Waals surface area contributed by atoms with E-state index in [-0.39, 0.29) is 6.04 Å². The summed E-state index contributed by atoms with van der Waals surface area (Å²) in [5.74, 6) is 0.908. The molecule has 1 aromatic carbocycles. The van der Waals surface area contributed by atoms with E-state index in [0.29, 0.717) is 0 Å². The van der Waals surface area contributed by atoms with Crippen molar-refractivity contribution in [1.29, 1.82) is 0 Å². The second kappa shape index (κ2) is 6.57. The lowest BCUT2D eigenvalue weighted by Gasteiger charge is -2.29. The fraction of sp³-hybridized carbons (Fsp3) is 0.300. The Hall–Kier alpha value is -2.46. The first-order valence-corrected chi connectivity index (χ1v) is 8.39. The lowest BCUT2D eigenvalue weighted by atomic mass is 10.0. The van der Waals surface area contributed by atoms with Gasteiger partial charge in [0.05, 0.1) is 25.7 Å². The molecule has 1 aliphatic heterocycles. The third-order valence-electron chi connectivity index (χ3n) is 4.73. The van der Waals surface area contributed by atoms with Crippen LogP contribution in [0.25, 0.3) is 0 Å². The first-order chi connectivity index (χ1) is 11.8. The van der Waals surface area contributed by atoms with E-state index in [0.717, 1.165) is 31.8 Å². The molecule has 0 bridgehead atoms. The first-order valence-electron chi connectivity index (χ1n) is 8.39. The molecule has 4 rings (SSSR count). The standard InChI is InChI=1S/C20H22N2O2/c1-23-18-6-2-5-16(13-18)14-22-11-4-10-21-9-3-7-19(21)20(22)17-8-12-24-15-17/h2-3,5-9,12-13,15,20H,4,10-11,14H2,1H3. The fourth-order valence-corrected chi connectivity index (χ4v) is 3.63. The van der Waals surface area contributed by atoms with Gasteiger partial charge in [0.15, 0.2) is 0 Å². The van der Waals surface area contributed by atoms with Crippen LogP contribution in [0.3, 0.4) is 0 Å². The lowest BCUT2D eigenvalue weighted by molar-refractivity contribution is 0.219. The molecule has 0 amide bonds. The zero-order valence-electron chi connectivity index (χ0n) is 13.9. The van der Waals surface area contributed by atoms with Crippen LogP contribution < -0.4 is 4.74 Å². The molecule has 0 aliphatic carbocycles. The SMILES string of the molecule is COc1cccc(CN2CCCn3cccc3C2c2ccoc2)c1. The molecule has 24 heavy (non-hydrogen) atoms. The predicted octanol–water partition coefficient (Wildman–Crippen LogP) is 4.09. The van der Waals surface area contributed by atoms with Gasteiger partial charge >= 0.3 is 0 Å². The summed E-state index contributed by atoms with van der Waals surface area (Å²) >= 11 is 0. The highest BCUT2D eigenvalue weighted by molar-refractivity contribution is 5.30. The number of rotatable bonds is 4. The molecule has 4 heteroatoms. The topological polar surface area (TPSA) is 30.5 Å². The Morgan fingerprint density at radius 2 is 2.12 bits per heavy atom. The first kappa shape index (κ1) is 15.1. The normalized spacial score (nSPS) is 18.1. The van der Waals surface area contributed by atoms with Crippen molar-refractivity contribution < 1.29 is 9.15 Å². The largest absolute Gasteiger partial charge is 0.497 e. The highest BCUT2D eigenvalue weighted by Gasteiger charge is 2.28. The number of furan rings is 1. The van der Waals surface area contributed by atoms with Crippen molar-refractivity contribution in [2.75, 3.05) is 13.7 Å². The molecule has 3 aromatic rings. The zero-order valence-corrected chi connectivity index (χ0v) is 13.9. The zero-order chi connectivity index (χ0) is 16.4. The quantitative estimate of drug-likeness (QED) is 0.725. The molecule has 3 heterocycles. The molecule has 1 aliphatic rings. The van der Waals surface area contributed by atoms with Gasteiger partial charge in [-0.2, -0.15) is 0 Å². The number of fused-ring (bicyclic) bond motifs is 1. The third-order valence-corrected chi connectivity index (χ3v) is 4.73. The number of aryl methyl sites for hydroxylation is 1. The van der Waals surface area contributed by atoms with Crippen LogP contribution in [0, 0.1) is 0 Å². The molecule has 0 saturated carbocycles. The van der Waals surface area contributed by atoms with E-state index in [2.05, 4.69) is 52.1 Å². The van der Waals surface area contributed by atoms with Crippen LogP contribution in [0.4, 0.5) is 0 Å². The second-order valence-electron chi connectivity index (χ2n) is 6.26. The minimum absolute atomic E-state index is 0.215. The second-order valence-corrected chi connectivity index (χ2v) is 6.26. The molecule has 1 atom stereocenters. The summed E-state index contributed by atoms with van der Waals surface area (Å²) in [4.78, 5) is 2.53. The van der Waals surface area contributed by atoms with E-state index in [1.54, 1.807) is 13.4 Å². The molecule has 124 valence electrons. The summed E-state index contributed by atoms with van der Waals surface area (Å²) in [6.45, 7) is 3.00. The van der Waals surface area contributed by atoms with Gasteiger partial charge in [0.25, 0.3) is 0 Å². The fourth-order valence-electron chi connectivity index (χ4n) is 3.63. The average Bonchev–Trinajstić information content (AvgIpc) is 3.26. The molecule has 0 saturated heterocycles. The highest BCUT2D eigenvalue weighted by Crippen LogP contribution is 2.33. The Morgan fingerprint density at radius 3 is 2.96 bits per heavy atom. The van der Waals surface area contributed by atoms with E-state index in [9.17, 15) is 0 Å². The van der Waals surface area contributed by atoms with Gasteiger partial charge < -0.3 is 13.7 Å². The number of hydrogen-bond acceptors (Lipinski definition) is 3. The number of ether oxygens (including phenoxy) is 1. The van der Waals surface area contributed by atoms with Crippen LogP contribution in [0.5, 0.6) is 5.75 Å². The van der Waals surface area contributed by atoms with Gasteiger partial charge in [-0.15, -0.1) is 0 Å².